The van der Waals surface area contributed by atoms with Gasteiger partial charge < -0.3 is 19.9 Å². The number of ether oxygens (including phenoxy) is 2. The van der Waals surface area contributed by atoms with Crippen molar-refractivity contribution in [2.24, 2.45) is 0 Å². The molecule has 8 nitrogen and oxygen atoms in total. The van der Waals surface area contributed by atoms with Gasteiger partial charge >= 0.3 is 4.87 Å². The molecule has 3 aromatic rings. The van der Waals surface area contributed by atoms with Gasteiger partial charge in [-0.2, -0.15) is 0 Å². The van der Waals surface area contributed by atoms with Gasteiger partial charge in [-0.1, -0.05) is 23.5 Å². The molecule has 0 radical (unpaired) electrons. The van der Waals surface area contributed by atoms with E-state index in [1.807, 2.05) is 19.1 Å². The lowest BCUT2D eigenvalue weighted by atomic mass is 9.97. The van der Waals surface area contributed by atoms with Crippen LogP contribution in [0.25, 0.3) is 0 Å². The lowest BCUT2D eigenvalue weighted by molar-refractivity contribution is -0.115. The molecule has 5 rings (SSSR count). The number of hydrogen-bond donors (Lipinski definition) is 3. The Kier molecular flexibility index (Phi) is 5.63. The largest absolute Gasteiger partial charge is 0.494 e. The summed E-state index contributed by atoms with van der Waals surface area (Å²) in [6.07, 6.45) is 0.816. The molecule has 3 heterocycles. The number of H-pyrrole nitrogens is 1. The summed E-state index contributed by atoms with van der Waals surface area (Å²) in [5.74, 6) is 0.832. The molecule has 2 aliphatic heterocycles. The molecule has 3 N–H and O–H groups in total. The number of carbonyl (C=O) groups excluding carboxylic acids is 2. The number of fused-ring (bicyclic) bond motifs is 2. The van der Waals surface area contributed by atoms with E-state index in [9.17, 15) is 19.5 Å². The smallest absolute Gasteiger partial charge is 0.307 e. The third-order valence-corrected chi connectivity index (χ3v) is 7.79. The number of rotatable bonds is 4. The average molecular weight is 485 g/mol. The number of anilines is 1. The van der Waals surface area contributed by atoms with Crippen LogP contribution in [-0.2, 0) is 17.6 Å². The molecule has 0 spiro atoms. The number of aromatic hydroxyl groups is 1. The average Bonchev–Trinajstić information content (AvgIpc) is 3.34. The minimum absolute atomic E-state index is 0.0248. The van der Waals surface area contributed by atoms with Gasteiger partial charge in [-0.05, 0) is 48.7 Å². The molecule has 2 atom stereocenters. The van der Waals surface area contributed by atoms with Gasteiger partial charge in [-0.3, -0.25) is 19.4 Å². The highest BCUT2D eigenvalue weighted by Crippen LogP contribution is 2.39. The summed E-state index contributed by atoms with van der Waals surface area (Å²) < 4.78 is 10.9. The van der Waals surface area contributed by atoms with Crippen molar-refractivity contribution in [1.29, 1.82) is 0 Å². The molecule has 170 valence electrons. The molecule has 0 saturated heterocycles. The summed E-state index contributed by atoms with van der Waals surface area (Å²) >= 11 is 2.31. The maximum Gasteiger partial charge on any atom is 0.307 e. The van der Waals surface area contributed by atoms with E-state index in [0.29, 0.717) is 40.5 Å². The molecule has 0 unspecified atom stereocenters. The van der Waals surface area contributed by atoms with Crippen molar-refractivity contribution in [3.8, 4) is 17.4 Å². The van der Waals surface area contributed by atoms with Crippen LogP contribution < -0.4 is 19.7 Å². The minimum Gasteiger partial charge on any atom is -0.494 e. The molecule has 0 saturated carbocycles. The number of nitrogens with one attached hydrogen (secondary N) is 2. The normalized spacial score (nSPS) is 19.1. The van der Waals surface area contributed by atoms with Gasteiger partial charge in [0.05, 0.1) is 15.4 Å². The van der Waals surface area contributed by atoms with Crippen molar-refractivity contribution in [1.82, 2.24) is 4.98 Å². The standard InChI is InChI=1S/C23H20N2O6S2/c1-11-20(26)15-9-17-16(30-10-31-17)7-13(15)8-19(32-11)21(27)24-14-4-2-12(3-5-14)6-18-22(28)25-23(29)33-18/h2-5,7,9,11,19,28H,6,8,10H2,1H3,(H,24,27)(H,25,29)/t11-,19+/m0/s1. The van der Waals surface area contributed by atoms with Crippen molar-refractivity contribution in [3.05, 3.63) is 67.6 Å². The molecular weight excluding hydrogens is 464 g/mol. The Bertz CT molecular complexity index is 1300. The number of Topliss-reactive ketones (excluding diaryl/α,β-unsaturated/α-hetero) is 1. The fourth-order valence-electron chi connectivity index (χ4n) is 3.90. The lowest BCUT2D eigenvalue weighted by Gasteiger charge is -2.16. The SMILES string of the molecule is C[C@@H]1S[C@@H](C(=O)Nc2ccc(Cc3sc(=O)[nH]c3O)cc2)Cc2cc3c(cc2C1=O)OCO3. The van der Waals surface area contributed by atoms with Gasteiger partial charge in [-0.15, -0.1) is 11.8 Å². The Labute approximate surface area is 196 Å². The van der Waals surface area contributed by atoms with E-state index in [0.717, 1.165) is 22.5 Å². The third-order valence-electron chi connectivity index (χ3n) is 5.59. The van der Waals surface area contributed by atoms with E-state index in [4.69, 9.17) is 9.47 Å². The van der Waals surface area contributed by atoms with Crippen molar-refractivity contribution < 1.29 is 24.2 Å². The number of carbonyl (C=O) groups is 2. The zero-order valence-electron chi connectivity index (χ0n) is 17.5. The van der Waals surface area contributed by atoms with Crippen LogP contribution in [0.1, 0.15) is 33.3 Å². The third kappa shape index (κ3) is 4.36. The molecule has 1 amide bonds. The summed E-state index contributed by atoms with van der Waals surface area (Å²) in [5.41, 5.74) is 2.88. The molecular formula is C23H20N2O6S2. The predicted molar refractivity (Wildman–Crippen MR) is 126 cm³/mol. The van der Waals surface area contributed by atoms with E-state index in [1.165, 1.54) is 11.8 Å². The van der Waals surface area contributed by atoms with E-state index in [-0.39, 0.29) is 34.5 Å². The van der Waals surface area contributed by atoms with E-state index in [2.05, 4.69) is 10.3 Å². The van der Waals surface area contributed by atoms with Crippen molar-refractivity contribution in [2.75, 3.05) is 12.1 Å². The topological polar surface area (TPSA) is 118 Å². The van der Waals surface area contributed by atoms with Crippen LogP contribution in [-0.4, -0.2) is 39.1 Å². The highest BCUT2D eigenvalue weighted by Gasteiger charge is 2.33. The highest BCUT2D eigenvalue weighted by atomic mass is 32.2. The number of aromatic amines is 1. The van der Waals surface area contributed by atoms with Crippen LogP contribution in [0.4, 0.5) is 5.69 Å². The first-order valence-corrected chi connectivity index (χ1v) is 12.1. The Morgan fingerprint density at radius 1 is 1.18 bits per heavy atom. The van der Waals surface area contributed by atoms with Gasteiger partial charge in [0.1, 0.15) is 0 Å². The number of aromatic nitrogens is 1. The number of amides is 1. The maximum atomic E-state index is 13.1. The number of thiazole rings is 1. The lowest BCUT2D eigenvalue weighted by Crippen LogP contribution is -2.28. The fraction of sp³-hybridized carbons (Fsp3) is 0.261. The first-order chi connectivity index (χ1) is 15.9. The van der Waals surface area contributed by atoms with Crippen molar-refractivity contribution in [2.45, 2.75) is 30.3 Å². The van der Waals surface area contributed by atoms with Crippen LogP contribution in [0, 0.1) is 0 Å². The number of benzene rings is 2. The highest BCUT2D eigenvalue weighted by molar-refractivity contribution is 8.02. The Morgan fingerprint density at radius 2 is 1.91 bits per heavy atom. The molecule has 33 heavy (non-hydrogen) atoms. The molecule has 2 aromatic carbocycles. The Balaban J connectivity index is 1.30. The summed E-state index contributed by atoms with van der Waals surface area (Å²) in [6, 6.07) is 10.7. The zero-order valence-corrected chi connectivity index (χ0v) is 19.2. The van der Waals surface area contributed by atoms with Crippen LogP contribution in [0.3, 0.4) is 0 Å². The summed E-state index contributed by atoms with van der Waals surface area (Å²) in [5, 5.41) is 11.9. The van der Waals surface area contributed by atoms with Crippen molar-refractivity contribution >= 4 is 40.5 Å². The Hall–Kier alpha value is -3.24. The molecule has 1 aromatic heterocycles. The second-order valence-corrected chi connectivity index (χ2v) is 10.5. The molecule has 0 aliphatic carbocycles. The van der Waals surface area contributed by atoms with Crippen LogP contribution in [0.2, 0.25) is 0 Å². The first-order valence-electron chi connectivity index (χ1n) is 10.3. The zero-order chi connectivity index (χ0) is 23.1. The summed E-state index contributed by atoms with van der Waals surface area (Å²) in [6.45, 7) is 1.94. The minimum atomic E-state index is -0.445. The van der Waals surface area contributed by atoms with Crippen molar-refractivity contribution in [3.63, 3.8) is 0 Å². The van der Waals surface area contributed by atoms with E-state index >= 15 is 0 Å². The Morgan fingerprint density at radius 3 is 2.61 bits per heavy atom. The predicted octanol–water partition coefficient (Wildman–Crippen LogP) is 3.33. The second-order valence-electron chi connectivity index (χ2n) is 7.85. The van der Waals surface area contributed by atoms with E-state index in [1.54, 1.807) is 24.3 Å². The quantitative estimate of drug-likeness (QED) is 0.520. The van der Waals surface area contributed by atoms with Crippen LogP contribution in [0.5, 0.6) is 17.4 Å². The van der Waals surface area contributed by atoms with Crippen LogP contribution >= 0.6 is 23.1 Å². The molecule has 0 bridgehead atoms. The molecule has 10 heteroatoms. The maximum absolute atomic E-state index is 13.1. The van der Waals surface area contributed by atoms with Gasteiger partial charge in [0.25, 0.3) is 0 Å². The van der Waals surface area contributed by atoms with Gasteiger partial charge in [0.15, 0.2) is 17.3 Å². The van der Waals surface area contributed by atoms with Gasteiger partial charge in [0.2, 0.25) is 18.6 Å². The molecule has 2 aliphatic rings. The first kappa shape index (κ1) is 21.6. The summed E-state index contributed by atoms with van der Waals surface area (Å²) in [4.78, 5) is 39.9. The van der Waals surface area contributed by atoms with E-state index < -0.39 is 5.25 Å². The number of thioether (sulfide) groups is 1. The van der Waals surface area contributed by atoms with Crippen LogP contribution in [0.15, 0.2) is 41.2 Å². The second kappa shape index (κ2) is 8.60. The monoisotopic (exact) mass is 484 g/mol. The number of ketones is 1. The van der Waals surface area contributed by atoms with Gasteiger partial charge in [-0.25, -0.2) is 0 Å². The number of hydrogen-bond acceptors (Lipinski definition) is 8. The molecule has 0 fully saturated rings. The summed E-state index contributed by atoms with van der Waals surface area (Å²) in [7, 11) is 0. The fourth-order valence-corrected chi connectivity index (χ4v) is 5.86. The van der Waals surface area contributed by atoms with Gasteiger partial charge in [0, 0.05) is 17.7 Å².